The Morgan fingerprint density at radius 3 is 1.29 bits per heavy atom. The predicted octanol–water partition coefficient (Wildman–Crippen LogP) is 23.6. The molecule has 0 fully saturated rings. The molecule has 13 aromatic carbocycles. The summed E-state index contributed by atoms with van der Waals surface area (Å²) in [6.07, 6.45) is 5.05. The molecule has 2 heterocycles. The second kappa shape index (κ2) is 56.6. The summed E-state index contributed by atoms with van der Waals surface area (Å²) in [5.74, 6) is 8.98. The molecule has 1 aliphatic rings. The zero-order valence-electron chi connectivity index (χ0n) is 77.3. The molecule has 14 aromatic rings. The number of fused-ring (bicyclic) bond motifs is 2. The number of aldehydes is 2. The number of hydrogen-bond donors (Lipinski definition) is 4. The topological polar surface area (TPSA) is 259 Å². The number of phenolic OH excluding ortho intramolecular Hbond substituents is 1. The Hall–Kier alpha value is -13.1. The van der Waals surface area contributed by atoms with Gasteiger partial charge in [-0.25, -0.2) is 4.98 Å². The molecule has 0 saturated heterocycles. The summed E-state index contributed by atoms with van der Waals surface area (Å²) >= 11 is 10.3. The third-order valence-electron chi connectivity index (χ3n) is 20.0. The van der Waals surface area contributed by atoms with Crippen molar-refractivity contribution < 1.29 is 66.8 Å². The molecule has 15 rings (SSSR count). The van der Waals surface area contributed by atoms with Crippen molar-refractivity contribution in [1.29, 1.82) is 0 Å². The van der Waals surface area contributed by atoms with Crippen molar-refractivity contribution in [3.8, 4) is 80.4 Å². The smallest absolute Gasteiger partial charge is 0.153 e. The van der Waals surface area contributed by atoms with Crippen LogP contribution in [0, 0.1) is 6.92 Å². The molecule has 0 aliphatic carbocycles. The first-order chi connectivity index (χ1) is 64.5. The predicted molar refractivity (Wildman–Crippen MR) is 546 cm³/mol. The number of phenols is 1. The van der Waals surface area contributed by atoms with Crippen molar-refractivity contribution in [2.45, 2.75) is 64.4 Å². The highest BCUT2D eigenvalue weighted by atomic mass is 79.9. The molecule has 6 N–H and O–H groups in total. The van der Waals surface area contributed by atoms with Crippen molar-refractivity contribution in [2.24, 2.45) is 4.99 Å². The van der Waals surface area contributed by atoms with Crippen LogP contribution in [0.5, 0.6) is 69.0 Å². The Balaban J connectivity index is 0.000000192. The highest BCUT2D eigenvalue weighted by Crippen LogP contribution is 2.40. The van der Waals surface area contributed by atoms with Crippen LogP contribution in [0.1, 0.15) is 84.5 Å². The molecular formula is C108H119Br3N8O14. The molecule has 696 valence electrons. The van der Waals surface area contributed by atoms with E-state index in [4.69, 9.17) is 78.7 Å². The highest BCUT2D eigenvalue weighted by molar-refractivity contribution is 9.11. The number of ether oxygens (including phenoxy) is 11. The van der Waals surface area contributed by atoms with Gasteiger partial charge in [0.2, 0.25) is 0 Å². The van der Waals surface area contributed by atoms with E-state index in [2.05, 4.69) is 157 Å². The number of H-pyrrole nitrogens is 1. The van der Waals surface area contributed by atoms with Crippen molar-refractivity contribution >= 4 is 94.2 Å². The molecule has 0 saturated carbocycles. The summed E-state index contributed by atoms with van der Waals surface area (Å²) in [5, 5.41) is 9.75. The van der Waals surface area contributed by atoms with Crippen molar-refractivity contribution in [3.63, 3.8) is 0 Å². The van der Waals surface area contributed by atoms with Crippen molar-refractivity contribution in [2.75, 3.05) is 122 Å². The monoisotopic (exact) mass is 1990 g/mol. The lowest BCUT2D eigenvalue weighted by atomic mass is 9.97. The maximum Gasteiger partial charge on any atom is 0.153 e. The van der Waals surface area contributed by atoms with Gasteiger partial charge in [0.25, 0.3) is 0 Å². The third-order valence-corrected chi connectivity index (χ3v) is 21.9. The zero-order valence-corrected chi connectivity index (χ0v) is 82.0. The van der Waals surface area contributed by atoms with Gasteiger partial charge >= 0.3 is 0 Å². The minimum Gasteiger partial charge on any atom is -0.508 e. The second-order valence-electron chi connectivity index (χ2n) is 31.1. The zero-order chi connectivity index (χ0) is 95.1. The number of benzene rings is 13. The fourth-order valence-electron chi connectivity index (χ4n) is 12.9. The Bertz CT molecular complexity index is 5850. The number of alkyl halides is 1. The first kappa shape index (κ1) is 104. The number of aryl methyl sites for hydroxylation is 1. The van der Waals surface area contributed by atoms with E-state index < -0.39 is 0 Å². The first-order valence-corrected chi connectivity index (χ1v) is 46.0. The van der Waals surface area contributed by atoms with Crippen LogP contribution in [0.25, 0.3) is 22.4 Å². The Morgan fingerprint density at radius 1 is 0.398 bits per heavy atom. The van der Waals surface area contributed by atoms with E-state index in [1.807, 2.05) is 202 Å². The van der Waals surface area contributed by atoms with Gasteiger partial charge in [-0.1, -0.05) is 174 Å². The maximum absolute atomic E-state index is 11.1. The number of aromatic hydroxyl groups is 1. The number of carbonyl (C=O) groups is 2. The minimum absolute atomic E-state index is 0.260. The van der Waals surface area contributed by atoms with E-state index in [9.17, 15) is 9.59 Å². The number of nitrogens with zero attached hydrogens (tertiary/aromatic N) is 5. The summed E-state index contributed by atoms with van der Waals surface area (Å²) in [6, 6.07) is 93.1. The number of nitrogens with two attached hydrogens (primary N) is 2. The maximum atomic E-state index is 11.1. The van der Waals surface area contributed by atoms with Crippen LogP contribution in [0.3, 0.4) is 0 Å². The van der Waals surface area contributed by atoms with Crippen molar-refractivity contribution in [3.05, 3.63) is 356 Å². The van der Waals surface area contributed by atoms with Gasteiger partial charge in [0.15, 0.2) is 12.6 Å². The number of hydrogen-bond acceptors (Lipinski definition) is 21. The summed E-state index contributed by atoms with van der Waals surface area (Å²) in [4.78, 5) is 42.1. The fraction of sp³-hybridized carbons (Fsp3) is 0.241. The van der Waals surface area contributed by atoms with Crippen LogP contribution >= 0.6 is 47.8 Å². The van der Waals surface area contributed by atoms with E-state index in [1.165, 1.54) is 35.9 Å². The Morgan fingerprint density at radius 2 is 0.812 bits per heavy atom. The number of nitrogens with one attached hydrogen (secondary N) is 1. The lowest BCUT2D eigenvalue weighted by molar-refractivity contribution is 0.110. The molecule has 0 unspecified atom stereocenters. The SMILES string of the molecule is BrCc1ccccc1.CN(C)CCCOc1ccc(N)c(N)c1.COc1cc(Br)c(OCc2ccccc2)cc1Br.COc1cc(C=O)c(OCc2ccccc2)cc1C=O.COc1ccc(O)cc1.COc1ccc(OCc2ccccc2)cc1.Cc1cc(-c2nc3ccc(OCCCN(C)C)cc3[nH]2)c(OCc2ccccc2)cc1C1=Nc2cc(OCCCN(C)C)ccc2C1. The second-order valence-corrected chi connectivity index (χ2v) is 33.4. The van der Waals surface area contributed by atoms with E-state index in [-0.39, 0.29) is 5.75 Å². The van der Waals surface area contributed by atoms with E-state index >= 15 is 0 Å². The van der Waals surface area contributed by atoms with E-state index in [1.54, 1.807) is 57.7 Å². The molecule has 133 heavy (non-hydrogen) atoms. The minimum atomic E-state index is 0.260. The summed E-state index contributed by atoms with van der Waals surface area (Å²) in [5.41, 5.74) is 26.9. The number of methoxy groups -OCH3 is 4. The van der Waals surface area contributed by atoms with Crippen LogP contribution < -0.4 is 63.6 Å². The van der Waals surface area contributed by atoms with Crippen LogP contribution in [0.4, 0.5) is 17.1 Å². The van der Waals surface area contributed by atoms with Gasteiger partial charge in [0, 0.05) is 55.1 Å². The standard InChI is InChI=1S/C39H45N5O3.C16H14O4.C14H12Br2O2.C14H14O2.C11H19N3O.C7H7Br.C7H8O2/c1-27-21-33(39-41-34-16-15-31(24-37(34)42-39)46-20-10-18-44(4)5)38(47-26-28-11-7-6-8-12-28)25-32(27)36-22-29-13-14-30(23-35(29)40-36)45-19-9-17-43(2)3;1-19-15-7-14(10-18)16(8-13(15)9-17)20-11-12-5-3-2-4-6-12;1-17-13-7-12(16)14(8-11(13)15)18-9-10-5-3-2-4-6-10;1-15-13-7-9-14(10-8-13)16-11-12-5-3-2-4-6-12;1-14(2)6-3-7-15-9-4-5-10(12)11(13)8-9;8-6-7-4-2-1-3-5-7;1-9-7-4-2-6(8)3-5-7/h6-8,11-16,21,23-25H,9-10,17-20,22,26H2,1-5H3,(H,41,42);2-10H,11H2,1H3;2-8H,9H2,1H3;2-10H,11H2,1H3;4-5,8H,3,6-7,12-13H2,1-2H3;1-5H,6H2;2-5,8H,1H3. The van der Waals surface area contributed by atoms with E-state index in [0.29, 0.717) is 92.8 Å². The third kappa shape index (κ3) is 35.8. The number of aromatic amines is 1. The van der Waals surface area contributed by atoms with Gasteiger partial charge in [-0.05, 0) is 255 Å². The summed E-state index contributed by atoms with van der Waals surface area (Å²) in [7, 11) is 18.7. The molecule has 0 atom stereocenters. The number of imidazole rings is 1. The fourth-order valence-corrected chi connectivity index (χ4v) is 14.2. The average molecular weight is 1990 g/mol. The number of rotatable bonds is 36. The molecule has 0 bridgehead atoms. The van der Waals surface area contributed by atoms with Crippen LogP contribution in [0.2, 0.25) is 0 Å². The van der Waals surface area contributed by atoms with Crippen LogP contribution in [0.15, 0.2) is 305 Å². The van der Waals surface area contributed by atoms with Gasteiger partial charge < -0.3 is 88.4 Å². The van der Waals surface area contributed by atoms with Crippen LogP contribution in [-0.2, 0) is 38.2 Å². The molecule has 0 spiro atoms. The Kier molecular flexibility index (Phi) is 44.0. The van der Waals surface area contributed by atoms with E-state index in [0.717, 1.165) is 173 Å². The normalized spacial score (nSPS) is 10.8. The molecule has 25 heteroatoms. The number of aliphatic imine (C=N–C) groups is 1. The lowest BCUT2D eigenvalue weighted by Crippen LogP contribution is -2.15. The van der Waals surface area contributed by atoms with Gasteiger partial charge in [0.05, 0.1) is 108 Å². The summed E-state index contributed by atoms with van der Waals surface area (Å²) in [6.45, 7) is 9.09. The quantitative estimate of drug-likeness (QED) is 0.0123. The van der Waals surface area contributed by atoms with Gasteiger partial charge in [-0.3, -0.25) is 14.6 Å². The lowest BCUT2D eigenvalue weighted by Gasteiger charge is -2.15. The number of carbonyl (C=O) groups excluding carboxylic acids is 2. The number of anilines is 2. The average Bonchev–Trinajstić information content (AvgIpc) is 1.68. The summed E-state index contributed by atoms with van der Waals surface area (Å²) < 4.78 is 63.1. The van der Waals surface area contributed by atoms with Gasteiger partial charge in [0.1, 0.15) is 101 Å². The first-order valence-electron chi connectivity index (χ1n) is 43.3. The largest absolute Gasteiger partial charge is 0.508 e. The molecular weight excluding hydrogens is 1870 g/mol. The number of aromatic nitrogens is 2. The highest BCUT2D eigenvalue weighted by Gasteiger charge is 2.23. The number of nitrogen functional groups attached to an aromatic ring is 2. The van der Waals surface area contributed by atoms with Gasteiger partial charge in [-0.2, -0.15) is 0 Å². The molecule has 1 aliphatic heterocycles. The van der Waals surface area contributed by atoms with Crippen LogP contribution in [-0.4, -0.2) is 158 Å². The van der Waals surface area contributed by atoms with Crippen molar-refractivity contribution in [1.82, 2.24) is 24.7 Å². The molecule has 22 nitrogen and oxygen atoms in total. The number of halogens is 3. The van der Waals surface area contributed by atoms with Gasteiger partial charge in [-0.15, -0.1) is 0 Å². The molecule has 0 radical (unpaired) electrons. The molecule has 0 amide bonds. The molecule has 1 aromatic heterocycles. The Labute approximate surface area is 807 Å².